The maximum Gasteiger partial charge on any atom is 0.306 e. The molecule has 0 radical (unpaired) electrons. The fourth-order valence-electron chi connectivity index (χ4n) is 2.64. The summed E-state index contributed by atoms with van der Waals surface area (Å²) in [4.78, 5) is 25.0. The molecule has 1 N–H and O–H groups in total. The second kappa shape index (κ2) is 11.2. The Morgan fingerprint density at radius 3 is 2.28 bits per heavy atom. The molecule has 1 amide bonds. The number of hydrogen-bond acceptors (Lipinski definition) is 7. The van der Waals surface area contributed by atoms with Crippen molar-refractivity contribution in [2.75, 3.05) is 39.5 Å². The number of thioether (sulfide) groups is 1. The predicted octanol–water partition coefficient (Wildman–Crippen LogP) is 3.55. The minimum atomic E-state index is -0.466. The minimum Gasteiger partial charge on any atom is -0.493 e. The molecule has 0 spiro atoms. The van der Waals surface area contributed by atoms with Crippen LogP contribution in [0.5, 0.6) is 17.2 Å². The molecule has 0 aliphatic carbocycles. The number of benzene rings is 2. The zero-order chi connectivity index (χ0) is 21.2. The van der Waals surface area contributed by atoms with E-state index in [1.807, 2.05) is 24.5 Å². The molecule has 0 atom stereocenters. The van der Waals surface area contributed by atoms with Crippen molar-refractivity contribution in [2.24, 2.45) is 0 Å². The first-order chi connectivity index (χ1) is 14.0. The largest absolute Gasteiger partial charge is 0.493 e. The normalized spacial score (nSPS) is 10.2. The average molecular weight is 419 g/mol. The van der Waals surface area contributed by atoms with Crippen LogP contribution in [0.2, 0.25) is 0 Å². The van der Waals surface area contributed by atoms with Gasteiger partial charge in [-0.15, -0.1) is 11.8 Å². The molecule has 0 fully saturated rings. The molecule has 0 aromatic heterocycles. The van der Waals surface area contributed by atoms with E-state index < -0.39 is 5.97 Å². The minimum absolute atomic E-state index is 0.119. The van der Waals surface area contributed by atoms with E-state index in [0.29, 0.717) is 29.4 Å². The van der Waals surface area contributed by atoms with Crippen LogP contribution in [0.15, 0.2) is 41.3 Å². The quantitative estimate of drug-likeness (QED) is 0.466. The van der Waals surface area contributed by atoms with Gasteiger partial charge in [0.05, 0.1) is 21.3 Å². The van der Waals surface area contributed by atoms with Gasteiger partial charge in [-0.3, -0.25) is 9.59 Å². The molecule has 2 aromatic rings. The van der Waals surface area contributed by atoms with E-state index in [-0.39, 0.29) is 18.9 Å². The van der Waals surface area contributed by atoms with Crippen LogP contribution >= 0.6 is 11.8 Å². The number of carbonyl (C=O) groups is 2. The molecule has 29 heavy (non-hydrogen) atoms. The SMILES string of the molecule is COc1cc(CCC(=O)OCC(=O)Nc2cccc(SC)c2)cc(OC)c1OC. The van der Waals surface area contributed by atoms with Gasteiger partial charge in [0.2, 0.25) is 5.75 Å². The lowest BCUT2D eigenvalue weighted by Crippen LogP contribution is -2.21. The van der Waals surface area contributed by atoms with Gasteiger partial charge in [0.25, 0.3) is 5.91 Å². The summed E-state index contributed by atoms with van der Waals surface area (Å²) in [5.74, 6) is 0.670. The summed E-state index contributed by atoms with van der Waals surface area (Å²) in [6, 6.07) is 11.0. The lowest BCUT2D eigenvalue weighted by molar-refractivity contribution is -0.147. The smallest absolute Gasteiger partial charge is 0.306 e. The van der Waals surface area contributed by atoms with Crippen molar-refractivity contribution in [3.05, 3.63) is 42.0 Å². The van der Waals surface area contributed by atoms with E-state index in [1.54, 1.807) is 30.0 Å². The molecule has 0 bridgehead atoms. The summed E-state index contributed by atoms with van der Waals surface area (Å²) < 4.78 is 21.0. The molecule has 0 saturated carbocycles. The number of carbonyl (C=O) groups excluding carboxylic acids is 2. The third kappa shape index (κ3) is 6.60. The van der Waals surface area contributed by atoms with Gasteiger partial charge in [0, 0.05) is 17.0 Å². The number of rotatable bonds is 10. The van der Waals surface area contributed by atoms with Gasteiger partial charge in [-0.2, -0.15) is 0 Å². The molecule has 2 aromatic carbocycles. The number of methoxy groups -OCH3 is 3. The Kier molecular flexibility index (Phi) is 8.67. The van der Waals surface area contributed by atoms with Crippen LogP contribution in [0.1, 0.15) is 12.0 Å². The maximum absolute atomic E-state index is 12.0. The molecular weight excluding hydrogens is 394 g/mol. The summed E-state index contributed by atoms with van der Waals surface area (Å²) in [6.07, 6.45) is 2.48. The lowest BCUT2D eigenvalue weighted by Gasteiger charge is -2.14. The molecule has 2 rings (SSSR count). The monoisotopic (exact) mass is 419 g/mol. The van der Waals surface area contributed by atoms with Gasteiger partial charge in [0.1, 0.15) is 0 Å². The van der Waals surface area contributed by atoms with Crippen LogP contribution in [-0.4, -0.2) is 46.1 Å². The van der Waals surface area contributed by atoms with Crippen LogP contribution in [0.25, 0.3) is 0 Å². The van der Waals surface area contributed by atoms with Crippen molar-refractivity contribution in [3.8, 4) is 17.2 Å². The summed E-state index contributed by atoms with van der Waals surface area (Å²) in [5.41, 5.74) is 1.49. The maximum atomic E-state index is 12.0. The zero-order valence-electron chi connectivity index (χ0n) is 16.9. The Bertz CT molecular complexity index is 830. The standard InChI is InChI=1S/C21H25NO6S/c1-25-17-10-14(11-18(26-2)21(17)27-3)8-9-20(24)28-13-19(23)22-15-6-5-7-16(12-15)29-4/h5-7,10-12H,8-9,13H2,1-4H3,(H,22,23). The number of anilines is 1. The summed E-state index contributed by atoms with van der Waals surface area (Å²) >= 11 is 1.58. The summed E-state index contributed by atoms with van der Waals surface area (Å²) in [5, 5.41) is 2.71. The van der Waals surface area contributed by atoms with E-state index >= 15 is 0 Å². The number of hydrogen-bond donors (Lipinski definition) is 1. The van der Waals surface area contributed by atoms with Gasteiger partial charge >= 0.3 is 5.97 Å². The van der Waals surface area contributed by atoms with E-state index in [9.17, 15) is 9.59 Å². The number of amides is 1. The van der Waals surface area contributed by atoms with Crippen molar-refractivity contribution < 1.29 is 28.5 Å². The Balaban J connectivity index is 1.86. The van der Waals surface area contributed by atoms with Crippen molar-refractivity contribution in [1.29, 1.82) is 0 Å². The van der Waals surface area contributed by atoms with E-state index in [1.165, 1.54) is 21.3 Å². The fourth-order valence-corrected chi connectivity index (χ4v) is 3.10. The van der Waals surface area contributed by atoms with Gasteiger partial charge in [-0.1, -0.05) is 6.07 Å². The van der Waals surface area contributed by atoms with Gasteiger partial charge in [0.15, 0.2) is 18.1 Å². The third-order valence-corrected chi connectivity index (χ3v) is 4.79. The number of nitrogens with one attached hydrogen (secondary N) is 1. The Labute approximate surface area is 174 Å². The van der Waals surface area contributed by atoms with Crippen LogP contribution in [-0.2, 0) is 20.7 Å². The Hall–Kier alpha value is -2.87. The van der Waals surface area contributed by atoms with Crippen molar-refractivity contribution in [3.63, 3.8) is 0 Å². The lowest BCUT2D eigenvalue weighted by atomic mass is 10.1. The zero-order valence-corrected chi connectivity index (χ0v) is 17.8. The van der Waals surface area contributed by atoms with Gasteiger partial charge in [-0.05, 0) is 48.6 Å². The Morgan fingerprint density at radius 1 is 1.00 bits per heavy atom. The molecule has 8 heteroatoms. The molecule has 0 aliphatic rings. The second-order valence-electron chi connectivity index (χ2n) is 5.97. The molecule has 0 saturated heterocycles. The summed E-state index contributed by atoms with van der Waals surface area (Å²) in [7, 11) is 4.59. The fraction of sp³-hybridized carbons (Fsp3) is 0.333. The first kappa shape index (κ1) is 22.4. The first-order valence-corrected chi connectivity index (χ1v) is 10.1. The van der Waals surface area contributed by atoms with Crippen molar-refractivity contribution >= 4 is 29.3 Å². The first-order valence-electron chi connectivity index (χ1n) is 8.89. The molecule has 0 heterocycles. The second-order valence-corrected chi connectivity index (χ2v) is 6.85. The molecule has 156 valence electrons. The molecule has 7 nitrogen and oxygen atoms in total. The molecular formula is C21H25NO6S. The number of ether oxygens (including phenoxy) is 4. The molecule has 0 aliphatic heterocycles. The topological polar surface area (TPSA) is 83.1 Å². The van der Waals surface area contributed by atoms with E-state index in [4.69, 9.17) is 18.9 Å². The van der Waals surface area contributed by atoms with Crippen molar-refractivity contribution in [1.82, 2.24) is 0 Å². The van der Waals surface area contributed by atoms with Crippen LogP contribution in [0.4, 0.5) is 5.69 Å². The van der Waals surface area contributed by atoms with Gasteiger partial charge < -0.3 is 24.3 Å². The van der Waals surface area contributed by atoms with E-state index in [2.05, 4.69) is 5.32 Å². The van der Waals surface area contributed by atoms with E-state index in [0.717, 1.165) is 10.5 Å². The number of esters is 1. The summed E-state index contributed by atoms with van der Waals surface area (Å²) in [6.45, 7) is -0.336. The van der Waals surface area contributed by atoms with Crippen LogP contribution in [0.3, 0.4) is 0 Å². The molecule has 0 unspecified atom stereocenters. The van der Waals surface area contributed by atoms with Gasteiger partial charge in [-0.25, -0.2) is 0 Å². The highest BCUT2D eigenvalue weighted by Crippen LogP contribution is 2.38. The third-order valence-electron chi connectivity index (χ3n) is 4.06. The number of aryl methyl sites for hydroxylation is 1. The van der Waals surface area contributed by atoms with Crippen LogP contribution < -0.4 is 19.5 Å². The van der Waals surface area contributed by atoms with Crippen molar-refractivity contribution in [2.45, 2.75) is 17.7 Å². The predicted molar refractivity (Wildman–Crippen MR) is 112 cm³/mol. The highest BCUT2D eigenvalue weighted by atomic mass is 32.2. The highest BCUT2D eigenvalue weighted by Gasteiger charge is 2.14. The Morgan fingerprint density at radius 2 is 1.69 bits per heavy atom. The van der Waals surface area contributed by atoms with Crippen LogP contribution in [0, 0.1) is 0 Å². The average Bonchev–Trinajstić information content (AvgIpc) is 2.75. The highest BCUT2D eigenvalue weighted by molar-refractivity contribution is 7.98.